The van der Waals surface area contributed by atoms with Crippen LogP contribution < -0.4 is 10.0 Å². The minimum Gasteiger partial charge on any atom is -0.380 e. The van der Waals surface area contributed by atoms with Gasteiger partial charge in [-0.3, -0.25) is 9.78 Å². The summed E-state index contributed by atoms with van der Waals surface area (Å²) in [4.78, 5) is 19.5. The minimum absolute atomic E-state index is 0.0984. The third-order valence-electron chi connectivity index (χ3n) is 6.59. The van der Waals surface area contributed by atoms with E-state index < -0.39 is 16.1 Å². The third kappa shape index (κ3) is 5.77. The van der Waals surface area contributed by atoms with Crippen LogP contribution in [-0.2, 0) is 23.0 Å². The largest absolute Gasteiger partial charge is 0.380 e. The van der Waals surface area contributed by atoms with Gasteiger partial charge in [0.2, 0.25) is 10.0 Å². The van der Waals surface area contributed by atoms with E-state index in [-0.39, 0.29) is 16.3 Å². The van der Waals surface area contributed by atoms with E-state index in [0.717, 1.165) is 28.8 Å². The maximum Gasteiger partial charge on any atom is 0.254 e. The van der Waals surface area contributed by atoms with Crippen molar-refractivity contribution in [3.8, 4) is 0 Å². The second-order valence-electron chi connectivity index (χ2n) is 9.86. The average molecular weight is 507 g/mol. The fourth-order valence-corrected chi connectivity index (χ4v) is 5.83. The summed E-state index contributed by atoms with van der Waals surface area (Å²) in [6.45, 7) is 9.09. The molecule has 0 fully saturated rings. The first-order valence-electron chi connectivity index (χ1n) is 12.3. The van der Waals surface area contributed by atoms with Crippen LogP contribution in [0.5, 0.6) is 0 Å². The molecule has 1 atom stereocenters. The molecule has 1 amide bonds. The van der Waals surface area contributed by atoms with Crippen molar-refractivity contribution < 1.29 is 13.2 Å². The molecule has 0 bridgehead atoms. The van der Waals surface area contributed by atoms with E-state index in [1.165, 1.54) is 0 Å². The van der Waals surface area contributed by atoms with Gasteiger partial charge in [-0.15, -0.1) is 0 Å². The molecular weight excluding hydrogens is 472 g/mol. The van der Waals surface area contributed by atoms with Gasteiger partial charge in [0.1, 0.15) is 0 Å². The molecule has 190 valence electrons. The van der Waals surface area contributed by atoms with Crippen molar-refractivity contribution in [2.24, 2.45) is 0 Å². The molecule has 2 aromatic carbocycles. The van der Waals surface area contributed by atoms with Crippen LogP contribution in [0.1, 0.15) is 67.2 Å². The number of benzene rings is 2. The molecule has 0 saturated carbocycles. The zero-order valence-corrected chi connectivity index (χ0v) is 22.1. The number of aryl methyl sites for hydroxylation is 1. The molecule has 4 rings (SSSR count). The Morgan fingerprint density at radius 2 is 1.75 bits per heavy atom. The number of nitrogens with zero attached hydrogens (tertiary/aromatic N) is 2. The highest BCUT2D eigenvalue weighted by Crippen LogP contribution is 2.39. The van der Waals surface area contributed by atoms with Crippen molar-refractivity contribution in [1.82, 2.24) is 14.6 Å². The molecule has 1 aliphatic heterocycles. The molecule has 0 unspecified atom stereocenters. The number of anilines is 1. The highest BCUT2D eigenvalue weighted by atomic mass is 32.2. The maximum atomic E-state index is 13.4. The minimum atomic E-state index is -3.75. The summed E-state index contributed by atoms with van der Waals surface area (Å²) < 4.78 is 29.5. The Bertz CT molecular complexity index is 1320. The molecule has 0 radical (unpaired) electrons. The lowest BCUT2D eigenvalue weighted by Crippen LogP contribution is -2.43. The van der Waals surface area contributed by atoms with E-state index in [1.54, 1.807) is 35.5 Å². The first-order valence-corrected chi connectivity index (χ1v) is 13.8. The van der Waals surface area contributed by atoms with Crippen LogP contribution in [-0.4, -0.2) is 36.3 Å². The molecule has 1 aliphatic rings. The van der Waals surface area contributed by atoms with E-state index in [4.69, 9.17) is 0 Å². The van der Waals surface area contributed by atoms with E-state index in [1.807, 2.05) is 64.1 Å². The number of nitrogens with one attached hydrogen (secondary N) is 2. The Morgan fingerprint density at radius 1 is 1.06 bits per heavy atom. The molecule has 0 aliphatic carbocycles. The third-order valence-corrected chi connectivity index (χ3v) is 8.08. The Kier molecular flexibility index (Phi) is 7.47. The second-order valence-corrected chi connectivity index (χ2v) is 11.6. The van der Waals surface area contributed by atoms with E-state index in [0.29, 0.717) is 25.1 Å². The molecule has 2 heterocycles. The van der Waals surface area contributed by atoms with Crippen LogP contribution in [0.3, 0.4) is 0 Å². The van der Waals surface area contributed by atoms with Crippen LogP contribution in [0.4, 0.5) is 5.69 Å². The van der Waals surface area contributed by atoms with Gasteiger partial charge >= 0.3 is 0 Å². The molecular formula is C28H34N4O3S. The smallest absolute Gasteiger partial charge is 0.254 e. The first kappa shape index (κ1) is 25.9. The number of hydrogen-bond donors (Lipinski definition) is 2. The number of sulfonamides is 1. The van der Waals surface area contributed by atoms with Gasteiger partial charge < -0.3 is 10.2 Å². The van der Waals surface area contributed by atoms with Gasteiger partial charge in [-0.2, -0.15) is 0 Å². The standard InChI is InChI=1S/C28H34N4O3S/c1-5-20-7-10-23(11-8-20)36(34,35)31-26-18-28(3,4)30-25-12-9-22(17-24(25)26)27(33)32(6-2)19-21-13-15-29-16-14-21/h7-17,26,30-31H,5-6,18-19H2,1-4H3/t26-/m0/s1. The summed E-state index contributed by atoms with van der Waals surface area (Å²) in [5, 5.41) is 3.49. The van der Waals surface area contributed by atoms with Gasteiger partial charge in [0.25, 0.3) is 5.91 Å². The molecule has 36 heavy (non-hydrogen) atoms. The lowest BCUT2D eigenvalue weighted by molar-refractivity contribution is 0.0752. The van der Waals surface area contributed by atoms with Gasteiger partial charge in [0, 0.05) is 42.3 Å². The van der Waals surface area contributed by atoms with E-state index in [2.05, 4.69) is 15.0 Å². The normalized spacial score (nSPS) is 16.6. The summed E-state index contributed by atoms with van der Waals surface area (Å²) in [5.41, 5.74) is 3.89. The van der Waals surface area contributed by atoms with Crippen LogP contribution in [0.25, 0.3) is 0 Å². The lowest BCUT2D eigenvalue weighted by Gasteiger charge is -2.39. The van der Waals surface area contributed by atoms with Crippen molar-refractivity contribution >= 4 is 21.6 Å². The summed E-state index contributed by atoms with van der Waals surface area (Å²) in [6, 6.07) is 15.8. The van der Waals surface area contributed by atoms with Gasteiger partial charge in [0.05, 0.1) is 10.9 Å². The van der Waals surface area contributed by atoms with Crippen LogP contribution in [0.15, 0.2) is 71.9 Å². The summed E-state index contributed by atoms with van der Waals surface area (Å²) in [5.74, 6) is -0.0984. The SMILES string of the molecule is CCc1ccc(S(=O)(=O)N[C@H]2CC(C)(C)Nc3ccc(C(=O)N(CC)Cc4ccncc4)cc32)cc1. The molecule has 0 saturated heterocycles. The van der Waals surface area contributed by atoms with Crippen LogP contribution >= 0.6 is 0 Å². The van der Waals surface area contributed by atoms with Crippen molar-refractivity contribution in [3.05, 3.63) is 89.2 Å². The molecule has 0 spiro atoms. The number of pyridine rings is 1. The molecule has 7 nitrogen and oxygen atoms in total. The Labute approximate surface area is 214 Å². The predicted octanol–water partition coefficient (Wildman–Crippen LogP) is 4.92. The van der Waals surface area contributed by atoms with Crippen molar-refractivity contribution in [1.29, 1.82) is 0 Å². The number of rotatable bonds is 8. The fourth-order valence-electron chi connectivity index (χ4n) is 4.62. The van der Waals surface area contributed by atoms with Gasteiger partial charge in [-0.05, 0) is 92.8 Å². The van der Waals surface area contributed by atoms with Gasteiger partial charge in [-0.25, -0.2) is 13.1 Å². The highest BCUT2D eigenvalue weighted by molar-refractivity contribution is 7.89. The summed E-state index contributed by atoms with van der Waals surface area (Å²) in [6.07, 6.45) is 4.81. The van der Waals surface area contributed by atoms with Crippen LogP contribution in [0, 0.1) is 0 Å². The number of amides is 1. The Morgan fingerprint density at radius 3 is 2.39 bits per heavy atom. The molecule has 2 N–H and O–H groups in total. The monoisotopic (exact) mass is 506 g/mol. The number of carbonyl (C=O) groups is 1. The van der Waals surface area contributed by atoms with Gasteiger partial charge in [0.15, 0.2) is 0 Å². The highest BCUT2D eigenvalue weighted by Gasteiger charge is 2.35. The first-order chi connectivity index (χ1) is 17.1. The Balaban J connectivity index is 1.63. The molecule has 3 aromatic rings. The topological polar surface area (TPSA) is 91.4 Å². The summed E-state index contributed by atoms with van der Waals surface area (Å²) in [7, 11) is -3.75. The zero-order valence-electron chi connectivity index (χ0n) is 21.3. The van der Waals surface area contributed by atoms with E-state index in [9.17, 15) is 13.2 Å². The van der Waals surface area contributed by atoms with Gasteiger partial charge in [-0.1, -0.05) is 19.1 Å². The van der Waals surface area contributed by atoms with Crippen molar-refractivity contribution in [3.63, 3.8) is 0 Å². The average Bonchev–Trinajstić information content (AvgIpc) is 2.86. The van der Waals surface area contributed by atoms with Crippen molar-refractivity contribution in [2.75, 3.05) is 11.9 Å². The van der Waals surface area contributed by atoms with Crippen molar-refractivity contribution in [2.45, 2.75) is 63.6 Å². The zero-order chi connectivity index (χ0) is 25.9. The predicted molar refractivity (Wildman–Crippen MR) is 142 cm³/mol. The number of hydrogen-bond acceptors (Lipinski definition) is 5. The Hall–Kier alpha value is -3.23. The van der Waals surface area contributed by atoms with Crippen LogP contribution in [0.2, 0.25) is 0 Å². The quantitative estimate of drug-likeness (QED) is 0.453. The molecule has 8 heteroatoms. The number of fused-ring (bicyclic) bond motifs is 1. The van der Waals surface area contributed by atoms with E-state index >= 15 is 0 Å². The molecule has 1 aromatic heterocycles. The lowest BCUT2D eigenvalue weighted by atomic mass is 9.85. The number of carbonyl (C=O) groups excluding carboxylic acids is 1. The second kappa shape index (κ2) is 10.4. The maximum absolute atomic E-state index is 13.4. The summed E-state index contributed by atoms with van der Waals surface area (Å²) >= 11 is 0. The number of aromatic nitrogens is 1. The fraction of sp³-hybridized carbons (Fsp3) is 0.357.